The molecule has 0 aliphatic heterocycles. The summed E-state index contributed by atoms with van der Waals surface area (Å²) >= 11 is 0. The van der Waals surface area contributed by atoms with E-state index < -0.39 is 0 Å². The second-order valence-electron chi connectivity index (χ2n) is 5.99. The summed E-state index contributed by atoms with van der Waals surface area (Å²) in [7, 11) is 0. The summed E-state index contributed by atoms with van der Waals surface area (Å²) in [6, 6.07) is 17.3. The Kier molecular flexibility index (Phi) is 4.49. The average Bonchev–Trinajstić information content (AvgIpc) is 3.36. The first-order chi connectivity index (χ1) is 13.2. The zero-order valence-electron chi connectivity index (χ0n) is 14.7. The highest BCUT2D eigenvalue weighted by molar-refractivity contribution is 5.94. The van der Waals surface area contributed by atoms with Gasteiger partial charge in [0.15, 0.2) is 5.82 Å². The van der Waals surface area contributed by atoms with Crippen molar-refractivity contribution in [1.29, 1.82) is 0 Å². The predicted octanol–water partition coefficient (Wildman–Crippen LogP) is 3.16. The van der Waals surface area contributed by atoms with Crippen LogP contribution in [0.1, 0.15) is 22.1 Å². The molecule has 0 aliphatic rings. The van der Waals surface area contributed by atoms with Crippen LogP contribution < -0.4 is 5.32 Å². The number of hydrogen-bond donors (Lipinski definition) is 1. The molecule has 0 aliphatic carbocycles. The molecule has 2 aromatic heterocycles. The van der Waals surface area contributed by atoms with E-state index in [0.717, 1.165) is 16.9 Å². The second-order valence-corrected chi connectivity index (χ2v) is 5.99. The Morgan fingerprint density at radius 1 is 1.11 bits per heavy atom. The SMILES string of the molecule is Cc1nc(CNC(=O)c2ccc(-c3cn(-c4ccccc4)cn3)cc2)no1. The summed E-state index contributed by atoms with van der Waals surface area (Å²) in [5.41, 5.74) is 3.38. The number of carbonyl (C=O) groups is 1. The molecule has 7 heteroatoms. The van der Waals surface area contributed by atoms with E-state index in [1.165, 1.54) is 0 Å². The number of benzene rings is 2. The van der Waals surface area contributed by atoms with Crippen molar-refractivity contribution in [2.75, 3.05) is 0 Å². The number of para-hydroxylation sites is 1. The van der Waals surface area contributed by atoms with Gasteiger partial charge in [-0.25, -0.2) is 4.98 Å². The van der Waals surface area contributed by atoms with E-state index in [2.05, 4.69) is 20.4 Å². The van der Waals surface area contributed by atoms with Crippen molar-refractivity contribution in [2.24, 2.45) is 0 Å². The zero-order chi connectivity index (χ0) is 18.6. The molecule has 0 bridgehead atoms. The molecule has 0 fully saturated rings. The first-order valence-corrected chi connectivity index (χ1v) is 8.46. The number of hydrogen-bond acceptors (Lipinski definition) is 5. The molecule has 0 radical (unpaired) electrons. The third-order valence-electron chi connectivity index (χ3n) is 4.06. The Hall–Kier alpha value is -3.74. The van der Waals surface area contributed by atoms with Crippen LogP contribution in [-0.2, 0) is 6.54 Å². The predicted molar refractivity (Wildman–Crippen MR) is 99.2 cm³/mol. The molecule has 2 aromatic carbocycles. The van der Waals surface area contributed by atoms with Crippen molar-refractivity contribution in [3.05, 3.63) is 84.4 Å². The molecule has 4 aromatic rings. The number of nitrogens with one attached hydrogen (secondary N) is 1. The molecule has 1 amide bonds. The highest BCUT2D eigenvalue weighted by Crippen LogP contribution is 2.19. The summed E-state index contributed by atoms with van der Waals surface area (Å²) in [6.45, 7) is 1.93. The van der Waals surface area contributed by atoms with Gasteiger partial charge in [0.05, 0.1) is 18.6 Å². The minimum atomic E-state index is -0.196. The number of amides is 1. The van der Waals surface area contributed by atoms with Crippen LogP contribution in [-0.4, -0.2) is 25.6 Å². The molecule has 0 atom stereocenters. The lowest BCUT2D eigenvalue weighted by atomic mass is 10.1. The second kappa shape index (κ2) is 7.25. The fraction of sp³-hybridized carbons (Fsp3) is 0.100. The highest BCUT2D eigenvalue weighted by Gasteiger charge is 2.09. The maximum absolute atomic E-state index is 12.2. The van der Waals surface area contributed by atoms with E-state index in [4.69, 9.17) is 4.52 Å². The van der Waals surface area contributed by atoms with E-state index in [-0.39, 0.29) is 12.5 Å². The highest BCUT2D eigenvalue weighted by atomic mass is 16.5. The van der Waals surface area contributed by atoms with E-state index in [0.29, 0.717) is 17.3 Å². The van der Waals surface area contributed by atoms with Gasteiger partial charge in [0, 0.05) is 29.9 Å². The summed E-state index contributed by atoms with van der Waals surface area (Å²) in [6.07, 6.45) is 3.74. The van der Waals surface area contributed by atoms with Crippen molar-refractivity contribution in [3.63, 3.8) is 0 Å². The Labute approximate surface area is 155 Å². The number of aryl methyl sites for hydroxylation is 1. The number of carbonyl (C=O) groups excluding carboxylic acids is 1. The maximum Gasteiger partial charge on any atom is 0.251 e. The minimum Gasteiger partial charge on any atom is -0.345 e. The lowest BCUT2D eigenvalue weighted by Crippen LogP contribution is -2.23. The van der Waals surface area contributed by atoms with Crippen LogP contribution in [0.3, 0.4) is 0 Å². The first kappa shape index (κ1) is 16.7. The topological polar surface area (TPSA) is 85.8 Å². The van der Waals surface area contributed by atoms with E-state index >= 15 is 0 Å². The summed E-state index contributed by atoms with van der Waals surface area (Å²) in [5, 5.41) is 6.52. The van der Waals surface area contributed by atoms with Gasteiger partial charge in [0.1, 0.15) is 0 Å². The van der Waals surface area contributed by atoms with Gasteiger partial charge >= 0.3 is 0 Å². The monoisotopic (exact) mass is 359 g/mol. The van der Waals surface area contributed by atoms with Gasteiger partial charge in [-0.05, 0) is 24.3 Å². The smallest absolute Gasteiger partial charge is 0.251 e. The fourth-order valence-electron chi connectivity index (χ4n) is 2.68. The Morgan fingerprint density at radius 2 is 1.89 bits per heavy atom. The number of imidazole rings is 1. The largest absolute Gasteiger partial charge is 0.345 e. The zero-order valence-corrected chi connectivity index (χ0v) is 14.7. The van der Waals surface area contributed by atoms with Crippen molar-refractivity contribution < 1.29 is 9.32 Å². The Bertz CT molecular complexity index is 1050. The van der Waals surface area contributed by atoms with Crippen LogP contribution in [0.5, 0.6) is 0 Å². The van der Waals surface area contributed by atoms with Crippen LogP contribution in [0.25, 0.3) is 16.9 Å². The molecule has 0 saturated heterocycles. The maximum atomic E-state index is 12.2. The molecule has 1 N–H and O–H groups in total. The van der Waals surface area contributed by atoms with Gasteiger partial charge in [0.2, 0.25) is 5.89 Å². The average molecular weight is 359 g/mol. The Balaban J connectivity index is 1.44. The third kappa shape index (κ3) is 3.77. The van der Waals surface area contributed by atoms with Gasteiger partial charge in [-0.1, -0.05) is 35.5 Å². The minimum absolute atomic E-state index is 0.196. The lowest BCUT2D eigenvalue weighted by Gasteiger charge is -2.04. The van der Waals surface area contributed by atoms with Gasteiger partial charge in [-0.3, -0.25) is 4.79 Å². The van der Waals surface area contributed by atoms with Crippen molar-refractivity contribution in [1.82, 2.24) is 25.0 Å². The van der Waals surface area contributed by atoms with Crippen LogP contribution in [0.15, 0.2) is 71.6 Å². The van der Waals surface area contributed by atoms with Gasteiger partial charge in [-0.2, -0.15) is 4.98 Å². The standard InChI is InChI=1S/C20H17N5O2/c1-14-23-19(24-27-14)11-21-20(26)16-9-7-15(8-10-16)18-12-25(13-22-18)17-5-3-2-4-6-17/h2-10,12-13H,11H2,1H3,(H,21,26). The van der Waals surface area contributed by atoms with Gasteiger partial charge in [0.25, 0.3) is 5.91 Å². The summed E-state index contributed by atoms with van der Waals surface area (Å²) in [4.78, 5) is 20.8. The molecular weight excluding hydrogens is 342 g/mol. The van der Waals surface area contributed by atoms with Crippen LogP contribution >= 0.6 is 0 Å². The van der Waals surface area contributed by atoms with Crippen LogP contribution in [0.2, 0.25) is 0 Å². The van der Waals surface area contributed by atoms with E-state index in [1.54, 1.807) is 25.4 Å². The quantitative estimate of drug-likeness (QED) is 0.591. The Morgan fingerprint density at radius 3 is 2.59 bits per heavy atom. The van der Waals surface area contributed by atoms with E-state index in [9.17, 15) is 4.79 Å². The number of nitrogens with zero attached hydrogens (tertiary/aromatic N) is 4. The van der Waals surface area contributed by atoms with Crippen LogP contribution in [0.4, 0.5) is 0 Å². The molecule has 0 unspecified atom stereocenters. The third-order valence-corrected chi connectivity index (χ3v) is 4.06. The van der Waals surface area contributed by atoms with E-state index in [1.807, 2.05) is 53.2 Å². The number of aromatic nitrogens is 4. The molecular formula is C20H17N5O2. The lowest BCUT2D eigenvalue weighted by molar-refractivity contribution is 0.0949. The summed E-state index contributed by atoms with van der Waals surface area (Å²) in [5.74, 6) is 0.723. The fourth-order valence-corrected chi connectivity index (χ4v) is 2.68. The normalized spacial score (nSPS) is 10.7. The first-order valence-electron chi connectivity index (χ1n) is 8.46. The molecule has 27 heavy (non-hydrogen) atoms. The van der Waals surface area contributed by atoms with Crippen molar-refractivity contribution >= 4 is 5.91 Å². The summed E-state index contributed by atoms with van der Waals surface area (Å²) < 4.78 is 6.84. The van der Waals surface area contributed by atoms with Crippen molar-refractivity contribution in [3.8, 4) is 16.9 Å². The van der Waals surface area contributed by atoms with Gasteiger partial charge in [-0.15, -0.1) is 0 Å². The van der Waals surface area contributed by atoms with Crippen LogP contribution in [0, 0.1) is 6.92 Å². The number of rotatable bonds is 5. The van der Waals surface area contributed by atoms with Crippen molar-refractivity contribution in [2.45, 2.75) is 13.5 Å². The molecule has 0 saturated carbocycles. The molecule has 0 spiro atoms. The molecule has 4 rings (SSSR count). The van der Waals surface area contributed by atoms with Gasteiger partial charge < -0.3 is 14.4 Å². The molecule has 2 heterocycles. The molecule has 134 valence electrons. The molecule has 7 nitrogen and oxygen atoms in total.